The summed E-state index contributed by atoms with van der Waals surface area (Å²) in [6.07, 6.45) is 12.7. The second kappa shape index (κ2) is 11.1. The number of rotatable bonds is 11. The summed E-state index contributed by atoms with van der Waals surface area (Å²) < 4.78 is 1.42. The summed E-state index contributed by atoms with van der Waals surface area (Å²) in [4.78, 5) is 0. The molecule has 0 unspecified atom stereocenters. The molecule has 0 aliphatic carbocycles. The average molecular weight is 401 g/mol. The van der Waals surface area contributed by atoms with E-state index in [-0.39, 0.29) is 0 Å². The molecule has 0 radical (unpaired) electrons. The first kappa shape index (κ1) is 22.2. The monoisotopic (exact) mass is 400 g/mol. The number of unbranched alkanes of at least 4 members (excludes halogenated alkanes) is 4. The zero-order valence-electron chi connectivity index (χ0n) is 19.0. The van der Waals surface area contributed by atoms with Gasteiger partial charge in [-0.05, 0) is 67.5 Å². The zero-order valence-corrected chi connectivity index (χ0v) is 19.0. The van der Waals surface area contributed by atoms with Gasteiger partial charge in [-0.15, -0.1) is 0 Å². The summed E-state index contributed by atoms with van der Waals surface area (Å²) >= 11 is 0. The van der Waals surface area contributed by atoms with E-state index in [1.165, 1.54) is 53.5 Å². The predicted octanol–water partition coefficient (Wildman–Crippen LogP) is 8.36. The Kier molecular flexibility index (Phi) is 8.19. The summed E-state index contributed by atoms with van der Waals surface area (Å²) in [6.45, 7) is 6.64. The van der Waals surface area contributed by atoms with Crippen molar-refractivity contribution < 1.29 is 4.70 Å². The first-order valence-electron chi connectivity index (χ1n) is 11.8. The third-order valence-electron chi connectivity index (χ3n) is 6.03. The Bertz CT molecular complexity index is 916. The quantitative estimate of drug-likeness (QED) is 0.267. The molecule has 0 N–H and O–H groups in total. The largest absolute Gasteiger partial charge is 0.493 e. The van der Waals surface area contributed by atoms with Crippen LogP contribution in [0.4, 0.5) is 0 Å². The molecule has 0 bridgehead atoms. The minimum atomic E-state index is 0.890. The number of benzene rings is 2. The van der Waals surface area contributed by atoms with Gasteiger partial charge >= 0.3 is 0 Å². The molecule has 2 aromatic carbocycles. The summed E-state index contributed by atoms with van der Waals surface area (Å²) in [7, 11) is 0. The van der Waals surface area contributed by atoms with Crippen molar-refractivity contribution in [1.82, 2.24) is 0 Å². The Morgan fingerprint density at radius 1 is 0.733 bits per heavy atom. The number of hydrogen-bond donors (Lipinski definition) is 0. The lowest BCUT2D eigenvalue weighted by atomic mass is 10.00. The molecule has 0 aromatic heterocycles. The Morgan fingerprint density at radius 3 is 2.20 bits per heavy atom. The molecule has 1 heterocycles. The van der Waals surface area contributed by atoms with E-state index in [0.717, 1.165) is 48.2 Å². The standard InChI is InChI=1S/C28H36N2/c1-4-7-9-10-14-26-21-27(25-15-11-13-22(6-3)20-25)30(29)28(26)24-18-16-23(17-19-24)12-8-5-2/h11,13,15-21H,4-10,12,14H2,1-3H3. The fourth-order valence-electron chi connectivity index (χ4n) is 4.16. The number of allylic oxidation sites excluding steroid dienone is 2. The Morgan fingerprint density at radius 2 is 1.50 bits per heavy atom. The molecule has 0 fully saturated rings. The molecule has 158 valence electrons. The van der Waals surface area contributed by atoms with Gasteiger partial charge in [-0.3, -0.25) is 0 Å². The van der Waals surface area contributed by atoms with E-state index in [0.29, 0.717) is 0 Å². The number of hydrogen-bond acceptors (Lipinski definition) is 0. The van der Waals surface area contributed by atoms with Gasteiger partial charge in [0.05, 0.1) is 0 Å². The van der Waals surface area contributed by atoms with Crippen LogP contribution in [0.2, 0.25) is 0 Å². The highest BCUT2D eigenvalue weighted by Crippen LogP contribution is 2.37. The molecule has 30 heavy (non-hydrogen) atoms. The smallest absolute Gasteiger partial charge is 0.210 e. The number of aryl methyl sites for hydroxylation is 2. The van der Waals surface area contributed by atoms with E-state index >= 15 is 0 Å². The maximum absolute atomic E-state index is 11.2. The van der Waals surface area contributed by atoms with Gasteiger partial charge < -0.3 is 5.53 Å². The lowest BCUT2D eigenvalue weighted by Crippen LogP contribution is -2.03. The maximum atomic E-state index is 11.2. The lowest BCUT2D eigenvalue weighted by Gasteiger charge is -2.11. The second-order valence-electron chi connectivity index (χ2n) is 8.38. The van der Waals surface area contributed by atoms with Crippen LogP contribution in [0.15, 0.2) is 60.2 Å². The van der Waals surface area contributed by atoms with E-state index in [4.69, 9.17) is 0 Å². The van der Waals surface area contributed by atoms with E-state index in [9.17, 15) is 5.53 Å². The van der Waals surface area contributed by atoms with Crippen LogP contribution < -0.4 is 0 Å². The van der Waals surface area contributed by atoms with Crippen LogP contribution in [0.3, 0.4) is 0 Å². The lowest BCUT2D eigenvalue weighted by molar-refractivity contribution is -0.344. The third kappa shape index (κ3) is 5.36. The van der Waals surface area contributed by atoms with Crippen molar-refractivity contribution in [3.8, 4) is 0 Å². The van der Waals surface area contributed by atoms with Crippen LogP contribution in [0.25, 0.3) is 16.9 Å². The molecular weight excluding hydrogens is 364 g/mol. The second-order valence-corrected chi connectivity index (χ2v) is 8.38. The van der Waals surface area contributed by atoms with Gasteiger partial charge in [-0.2, -0.15) is 0 Å². The molecule has 0 atom stereocenters. The minimum absolute atomic E-state index is 0.890. The van der Waals surface area contributed by atoms with Crippen molar-refractivity contribution in [1.29, 1.82) is 0 Å². The van der Waals surface area contributed by atoms with Gasteiger partial charge in [0.25, 0.3) is 0 Å². The van der Waals surface area contributed by atoms with Crippen LogP contribution in [-0.2, 0) is 12.8 Å². The summed E-state index contributed by atoms with van der Waals surface area (Å²) in [5, 5.41) is 0. The van der Waals surface area contributed by atoms with Crippen molar-refractivity contribution in [2.75, 3.05) is 0 Å². The Balaban J connectivity index is 1.89. The van der Waals surface area contributed by atoms with E-state index < -0.39 is 0 Å². The van der Waals surface area contributed by atoms with Crippen molar-refractivity contribution >= 4 is 11.4 Å². The molecule has 2 aromatic rings. The van der Waals surface area contributed by atoms with E-state index in [2.05, 4.69) is 75.4 Å². The highest BCUT2D eigenvalue weighted by Gasteiger charge is 2.28. The maximum Gasteiger partial charge on any atom is 0.210 e. The van der Waals surface area contributed by atoms with Gasteiger partial charge in [0.2, 0.25) is 11.4 Å². The van der Waals surface area contributed by atoms with E-state index in [1.807, 2.05) is 0 Å². The van der Waals surface area contributed by atoms with Gasteiger partial charge in [-0.25, -0.2) is 4.70 Å². The Labute approximate surface area is 182 Å². The molecule has 2 heteroatoms. The molecular formula is C28H36N2. The summed E-state index contributed by atoms with van der Waals surface area (Å²) in [5.41, 5.74) is 19.1. The van der Waals surface area contributed by atoms with Crippen LogP contribution in [0.5, 0.6) is 0 Å². The normalized spacial score (nSPS) is 13.8. The van der Waals surface area contributed by atoms with E-state index in [1.54, 1.807) is 0 Å². The topological polar surface area (TPSA) is 25.3 Å². The molecule has 0 saturated carbocycles. The fraction of sp³-hybridized carbons (Fsp3) is 0.429. The zero-order chi connectivity index (χ0) is 21.3. The first-order valence-corrected chi connectivity index (χ1v) is 11.8. The summed E-state index contributed by atoms with van der Waals surface area (Å²) in [5.74, 6) is 0. The van der Waals surface area contributed by atoms with Crippen LogP contribution in [-0.4, -0.2) is 4.70 Å². The molecule has 1 aliphatic heterocycles. The molecule has 1 aliphatic rings. The first-order chi connectivity index (χ1) is 14.7. The summed E-state index contributed by atoms with van der Waals surface area (Å²) in [6, 6.07) is 17.3. The molecule has 0 amide bonds. The van der Waals surface area contributed by atoms with Gasteiger partial charge in [0.15, 0.2) is 0 Å². The van der Waals surface area contributed by atoms with Gasteiger partial charge in [0.1, 0.15) is 0 Å². The highest BCUT2D eigenvalue weighted by atomic mass is 15.2. The van der Waals surface area contributed by atoms with Gasteiger partial charge in [0, 0.05) is 22.8 Å². The Hall–Kier alpha value is -2.48. The fourth-order valence-corrected chi connectivity index (χ4v) is 4.16. The predicted molar refractivity (Wildman–Crippen MR) is 128 cm³/mol. The molecule has 0 saturated heterocycles. The van der Waals surface area contributed by atoms with Gasteiger partial charge in [-0.1, -0.05) is 70.7 Å². The van der Waals surface area contributed by atoms with Crippen LogP contribution in [0.1, 0.15) is 88.0 Å². The average Bonchev–Trinajstić information content (AvgIpc) is 3.11. The highest BCUT2D eigenvalue weighted by molar-refractivity contribution is 5.78. The molecule has 0 spiro atoms. The van der Waals surface area contributed by atoms with Crippen molar-refractivity contribution in [2.45, 2.75) is 78.6 Å². The SMILES string of the molecule is CCCCCCC1=C(c2ccc(CCCC)cc2)[N+](=[N-])C(c2cccc(CC)c2)=C1. The molecule has 2 nitrogen and oxygen atoms in total. The van der Waals surface area contributed by atoms with Crippen LogP contribution in [0, 0.1) is 0 Å². The van der Waals surface area contributed by atoms with Crippen molar-refractivity contribution in [2.24, 2.45) is 0 Å². The number of nitrogens with zero attached hydrogens (tertiary/aromatic N) is 2. The van der Waals surface area contributed by atoms with Crippen LogP contribution >= 0.6 is 0 Å². The molecule has 3 rings (SSSR count). The van der Waals surface area contributed by atoms with Crippen molar-refractivity contribution in [3.05, 3.63) is 88.0 Å². The minimum Gasteiger partial charge on any atom is -0.493 e. The third-order valence-corrected chi connectivity index (χ3v) is 6.03. The van der Waals surface area contributed by atoms with Crippen molar-refractivity contribution in [3.63, 3.8) is 0 Å².